The molecule has 1 unspecified atom stereocenters. The Balaban J connectivity index is 1.91. The molecular formula is C22H25N3O6. The zero-order valence-corrected chi connectivity index (χ0v) is 17.4. The molecule has 2 N–H and O–H groups in total. The maximum Gasteiger partial charge on any atom is 0.332 e. The standard InChI is InChI=1S/C22H25N3O6/c1-30-16-11-12-17(19(13-16)31-2)25-21(27)18(9-6-10-20(26)23-29)24(22(25)28)14-15-7-4-3-5-8-15/h3-5,7-8,11-13,18,29H,6,9-10,14H2,1-2H3,(H,23,26). The van der Waals surface area contributed by atoms with Crippen molar-refractivity contribution in [3.63, 3.8) is 0 Å². The predicted octanol–water partition coefficient (Wildman–Crippen LogP) is 2.72. The minimum Gasteiger partial charge on any atom is -0.497 e. The summed E-state index contributed by atoms with van der Waals surface area (Å²) in [7, 11) is 2.97. The molecule has 9 nitrogen and oxygen atoms in total. The molecule has 0 saturated carbocycles. The molecular weight excluding hydrogens is 402 g/mol. The maximum atomic E-state index is 13.3. The minimum atomic E-state index is -0.744. The molecule has 0 aliphatic carbocycles. The summed E-state index contributed by atoms with van der Waals surface area (Å²) in [6.45, 7) is 0.247. The monoisotopic (exact) mass is 427 g/mol. The highest BCUT2D eigenvalue weighted by Crippen LogP contribution is 2.37. The van der Waals surface area contributed by atoms with Crippen molar-refractivity contribution in [2.45, 2.75) is 31.8 Å². The van der Waals surface area contributed by atoms with Gasteiger partial charge in [0.1, 0.15) is 17.5 Å². The van der Waals surface area contributed by atoms with Crippen LogP contribution in [-0.2, 0) is 16.1 Å². The molecule has 1 heterocycles. The van der Waals surface area contributed by atoms with Crippen molar-refractivity contribution >= 4 is 23.5 Å². The van der Waals surface area contributed by atoms with E-state index in [1.165, 1.54) is 19.1 Å². The second-order valence-electron chi connectivity index (χ2n) is 7.05. The predicted molar refractivity (Wildman–Crippen MR) is 112 cm³/mol. The summed E-state index contributed by atoms with van der Waals surface area (Å²) in [5.74, 6) is -0.0673. The molecule has 31 heavy (non-hydrogen) atoms. The number of methoxy groups -OCH3 is 2. The number of hydrogen-bond donors (Lipinski definition) is 2. The number of hydrogen-bond acceptors (Lipinski definition) is 6. The molecule has 0 spiro atoms. The third-order valence-corrected chi connectivity index (χ3v) is 5.15. The van der Waals surface area contributed by atoms with Gasteiger partial charge in [-0.25, -0.2) is 15.2 Å². The first kappa shape index (κ1) is 22.1. The number of imide groups is 1. The largest absolute Gasteiger partial charge is 0.497 e. The zero-order valence-electron chi connectivity index (χ0n) is 17.4. The topological polar surface area (TPSA) is 108 Å². The van der Waals surface area contributed by atoms with E-state index in [2.05, 4.69) is 0 Å². The molecule has 2 aromatic carbocycles. The fourth-order valence-electron chi connectivity index (χ4n) is 3.58. The van der Waals surface area contributed by atoms with E-state index in [-0.39, 0.29) is 19.4 Å². The summed E-state index contributed by atoms with van der Waals surface area (Å²) in [6, 6.07) is 13.0. The molecule has 0 aromatic heterocycles. The van der Waals surface area contributed by atoms with Gasteiger partial charge < -0.3 is 14.4 Å². The number of rotatable bonds is 9. The van der Waals surface area contributed by atoms with Crippen molar-refractivity contribution in [1.29, 1.82) is 0 Å². The maximum absolute atomic E-state index is 13.3. The van der Waals surface area contributed by atoms with Gasteiger partial charge in [-0.05, 0) is 30.5 Å². The van der Waals surface area contributed by atoms with Crippen molar-refractivity contribution in [1.82, 2.24) is 10.4 Å². The summed E-state index contributed by atoms with van der Waals surface area (Å²) in [6.07, 6.45) is 0.647. The average Bonchev–Trinajstić information content (AvgIpc) is 3.03. The van der Waals surface area contributed by atoms with E-state index in [1.807, 2.05) is 30.3 Å². The van der Waals surface area contributed by atoms with Crippen LogP contribution in [0.2, 0.25) is 0 Å². The van der Waals surface area contributed by atoms with Gasteiger partial charge in [0.25, 0.3) is 5.91 Å². The van der Waals surface area contributed by atoms with Crippen LogP contribution < -0.4 is 19.9 Å². The lowest BCUT2D eigenvalue weighted by molar-refractivity contribution is -0.129. The summed E-state index contributed by atoms with van der Waals surface area (Å²) in [4.78, 5) is 40.6. The van der Waals surface area contributed by atoms with Crippen LogP contribution in [-0.4, -0.2) is 48.2 Å². The summed E-state index contributed by atoms with van der Waals surface area (Å²) < 4.78 is 10.6. The Kier molecular flexibility index (Phi) is 7.09. The van der Waals surface area contributed by atoms with Gasteiger partial charge in [-0.15, -0.1) is 0 Å². The molecule has 1 atom stereocenters. The first-order valence-corrected chi connectivity index (χ1v) is 9.83. The van der Waals surface area contributed by atoms with Gasteiger partial charge >= 0.3 is 6.03 Å². The number of amides is 4. The quantitative estimate of drug-likeness (QED) is 0.362. The minimum absolute atomic E-state index is 0.0412. The summed E-state index contributed by atoms with van der Waals surface area (Å²) in [5.41, 5.74) is 2.78. The number of ether oxygens (including phenoxy) is 2. The van der Waals surface area contributed by atoms with E-state index >= 15 is 0 Å². The number of carbonyl (C=O) groups is 3. The SMILES string of the molecule is COc1ccc(N2C(=O)C(CCCC(=O)NO)N(Cc3ccccc3)C2=O)c(OC)c1. The molecule has 164 valence electrons. The highest BCUT2D eigenvalue weighted by Gasteiger charge is 2.46. The third kappa shape index (κ3) is 4.77. The van der Waals surface area contributed by atoms with Crippen LogP contribution >= 0.6 is 0 Å². The zero-order chi connectivity index (χ0) is 22.4. The lowest BCUT2D eigenvalue weighted by Crippen LogP contribution is -2.35. The first-order chi connectivity index (χ1) is 15.0. The van der Waals surface area contributed by atoms with Gasteiger partial charge in [0.15, 0.2) is 0 Å². The van der Waals surface area contributed by atoms with Gasteiger partial charge in [0, 0.05) is 19.0 Å². The van der Waals surface area contributed by atoms with Crippen molar-refractivity contribution in [2.75, 3.05) is 19.1 Å². The van der Waals surface area contributed by atoms with Crippen LogP contribution in [0.25, 0.3) is 0 Å². The third-order valence-electron chi connectivity index (χ3n) is 5.15. The van der Waals surface area contributed by atoms with E-state index in [0.29, 0.717) is 23.6 Å². The number of nitrogens with one attached hydrogen (secondary N) is 1. The number of benzene rings is 2. The highest BCUT2D eigenvalue weighted by atomic mass is 16.5. The molecule has 2 aromatic rings. The number of urea groups is 1. The molecule has 3 rings (SSSR count). The summed E-state index contributed by atoms with van der Waals surface area (Å²) in [5, 5.41) is 8.70. The van der Waals surface area contributed by atoms with Gasteiger partial charge in [0.2, 0.25) is 5.91 Å². The number of hydroxylamine groups is 1. The van der Waals surface area contributed by atoms with E-state index in [0.717, 1.165) is 10.5 Å². The van der Waals surface area contributed by atoms with Crippen molar-refractivity contribution < 1.29 is 29.1 Å². The second-order valence-corrected chi connectivity index (χ2v) is 7.05. The fraction of sp³-hybridized carbons (Fsp3) is 0.318. The van der Waals surface area contributed by atoms with Gasteiger partial charge in [0.05, 0.1) is 19.9 Å². The average molecular weight is 427 g/mol. The van der Waals surface area contributed by atoms with E-state index < -0.39 is 23.9 Å². The molecule has 4 amide bonds. The van der Waals surface area contributed by atoms with E-state index in [1.54, 1.807) is 23.7 Å². The van der Waals surface area contributed by atoms with Crippen LogP contribution in [0.4, 0.5) is 10.5 Å². The van der Waals surface area contributed by atoms with Gasteiger partial charge in [-0.1, -0.05) is 30.3 Å². The Morgan fingerprint density at radius 1 is 1.10 bits per heavy atom. The van der Waals surface area contributed by atoms with E-state index in [4.69, 9.17) is 14.7 Å². The lowest BCUT2D eigenvalue weighted by atomic mass is 10.1. The molecule has 9 heteroatoms. The van der Waals surface area contributed by atoms with E-state index in [9.17, 15) is 14.4 Å². The van der Waals surface area contributed by atoms with Crippen molar-refractivity contribution in [2.24, 2.45) is 0 Å². The molecule has 1 fully saturated rings. The number of nitrogens with zero attached hydrogens (tertiary/aromatic N) is 2. The number of anilines is 1. The van der Waals surface area contributed by atoms with Crippen molar-refractivity contribution in [3.8, 4) is 11.5 Å². The Labute approximate surface area is 180 Å². The Morgan fingerprint density at radius 3 is 2.48 bits per heavy atom. The van der Waals surface area contributed by atoms with Crippen molar-refractivity contribution in [3.05, 3.63) is 54.1 Å². The highest BCUT2D eigenvalue weighted by molar-refractivity contribution is 6.22. The molecule has 0 radical (unpaired) electrons. The molecule has 1 aliphatic rings. The van der Waals surface area contributed by atoms with Crippen LogP contribution in [0.15, 0.2) is 48.5 Å². The Bertz CT molecular complexity index is 950. The molecule has 1 aliphatic heterocycles. The Hall–Kier alpha value is -3.59. The lowest BCUT2D eigenvalue weighted by Gasteiger charge is -2.22. The van der Waals surface area contributed by atoms with Gasteiger partial charge in [-0.2, -0.15) is 0 Å². The fourth-order valence-corrected chi connectivity index (χ4v) is 3.58. The smallest absolute Gasteiger partial charge is 0.332 e. The molecule has 0 bridgehead atoms. The Morgan fingerprint density at radius 2 is 1.84 bits per heavy atom. The number of carbonyl (C=O) groups excluding carboxylic acids is 3. The second kappa shape index (κ2) is 9.94. The normalized spacial score (nSPS) is 15.9. The van der Waals surface area contributed by atoms with Gasteiger partial charge in [-0.3, -0.25) is 14.8 Å². The molecule has 1 saturated heterocycles. The van der Waals surface area contributed by atoms with Crippen LogP contribution in [0, 0.1) is 0 Å². The van der Waals surface area contributed by atoms with Crippen LogP contribution in [0.3, 0.4) is 0 Å². The van der Waals surface area contributed by atoms with Crippen LogP contribution in [0.1, 0.15) is 24.8 Å². The summed E-state index contributed by atoms with van der Waals surface area (Å²) >= 11 is 0. The first-order valence-electron chi connectivity index (χ1n) is 9.83. The van der Waals surface area contributed by atoms with Crippen LogP contribution in [0.5, 0.6) is 11.5 Å².